The van der Waals surface area contributed by atoms with Crippen LogP contribution >= 0.6 is 0 Å². The number of phenols is 1. The molecule has 0 aliphatic heterocycles. The van der Waals surface area contributed by atoms with Crippen molar-refractivity contribution in [3.8, 4) is 5.75 Å². The summed E-state index contributed by atoms with van der Waals surface area (Å²) in [6.07, 6.45) is 2.10. The summed E-state index contributed by atoms with van der Waals surface area (Å²) >= 11 is 0. The molecule has 0 aliphatic carbocycles. The standard InChI is InChI=1S/C14H20N4O/c1-14(2,3)10-6-9(4-5-12(10)19)7-11(15)13-16-8-17-18-13/h4-6,8,11,19H,7,15H2,1-3H3,(H,16,17,18). The normalized spacial score (nSPS) is 13.5. The molecule has 2 rings (SSSR count). The third kappa shape index (κ3) is 3.12. The smallest absolute Gasteiger partial charge is 0.141 e. The van der Waals surface area contributed by atoms with E-state index in [1.807, 2.05) is 12.1 Å². The van der Waals surface area contributed by atoms with Gasteiger partial charge in [0, 0.05) is 0 Å². The highest BCUT2D eigenvalue weighted by molar-refractivity contribution is 5.40. The number of aromatic hydroxyl groups is 1. The molecule has 5 nitrogen and oxygen atoms in total. The van der Waals surface area contributed by atoms with E-state index in [1.165, 1.54) is 6.33 Å². The second kappa shape index (κ2) is 5.01. The minimum atomic E-state index is -0.222. The van der Waals surface area contributed by atoms with Gasteiger partial charge in [0.25, 0.3) is 0 Å². The SMILES string of the molecule is CC(C)(C)c1cc(CC(N)c2ncn[nH]2)ccc1O. The minimum absolute atomic E-state index is 0.101. The molecule has 1 aromatic carbocycles. The second-order valence-electron chi connectivity index (χ2n) is 5.78. The van der Waals surface area contributed by atoms with Gasteiger partial charge in [-0.3, -0.25) is 5.10 Å². The zero-order valence-electron chi connectivity index (χ0n) is 11.5. The molecule has 19 heavy (non-hydrogen) atoms. The third-order valence-electron chi connectivity index (χ3n) is 3.11. The van der Waals surface area contributed by atoms with Crippen molar-refractivity contribution in [2.45, 2.75) is 38.6 Å². The van der Waals surface area contributed by atoms with Gasteiger partial charge in [-0.25, -0.2) is 4.98 Å². The first-order chi connectivity index (χ1) is 8.88. The van der Waals surface area contributed by atoms with E-state index in [1.54, 1.807) is 6.07 Å². The molecule has 102 valence electrons. The third-order valence-corrected chi connectivity index (χ3v) is 3.11. The molecule has 0 radical (unpaired) electrons. The number of nitrogens with one attached hydrogen (secondary N) is 1. The van der Waals surface area contributed by atoms with Crippen LogP contribution in [-0.2, 0) is 11.8 Å². The van der Waals surface area contributed by atoms with Gasteiger partial charge in [-0.1, -0.05) is 32.9 Å². The summed E-state index contributed by atoms with van der Waals surface area (Å²) in [6, 6.07) is 5.40. The van der Waals surface area contributed by atoms with Gasteiger partial charge < -0.3 is 10.8 Å². The van der Waals surface area contributed by atoms with Gasteiger partial charge in [0.2, 0.25) is 0 Å². The van der Waals surface area contributed by atoms with Crippen LogP contribution in [0.4, 0.5) is 0 Å². The van der Waals surface area contributed by atoms with Crippen LogP contribution in [0, 0.1) is 0 Å². The first-order valence-corrected chi connectivity index (χ1v) is 6.31. The van der Waals surface area contributed by atoms with Crippen molar-refractivity contribution in [3.05, 3.63) is 41.5 Å². The Hall–Kier alpha value is -1.88. The Morgan fingerprint density at radius 1 is 1.37 bits per heavy atom. The summed E-state index contributed by atoms with van der Waals surface area (Å²) in [5.41, 5.74) is 7.97. The number of phenolic OH excluding ortho intramolecular Hbond substituents is 1. The number of nitrogens with two attached hydrogens (primary N) is 1. The van der Waals surface area contributed by atoms with E-state index < -0.39 is 0 Å². The van der Waals surface area contributed by atoms with Crippen LogP contribution < -0.4 is 5.73 Å². The van der Waals surface area contributed by atoms with Gasteiger partial charge in [0.1, 0.15) is 17.9 Å². The van der Waals surface area contributed by atoms with Crippen molar-refractivity contribution >= 4 is 0 Å². The maximum atomic E-state index is 9.93. The van der Waals surface area contributed by atoms with Crippen LogP contribution in [0.2, 0.25) is 0 Å². The Labute approximate surface area is 112 Å². The summed E-state index contributed by atoms with van der Waals surface area (Å²) in [5.74, 6) is 0.995. The molecule has 0 amide bonds. The van der Waals surface area contributed by atoms with E-state index >= 15 is 0 Å². The molecule has 0 aliphatic rings. The van der Waals surface area contributed by atoms with Gasteiger partial charge in [-0.15, -0.1) is 0 Å². The van der Waals surface area contributed by atoms with E-state index in [-0.39, 0.29) is 11.5 Å². The van der Waals surface area contributed by atoms with Crippen molar-refractivity contribution in [3.63, 3.8) is 0 Å². The molecule has 0 bridgehead atoms. The van der Waals surface area contributed by atoms with E-state index in [0.29, 0.717) is 18.0 Å². The highest BCUT2D eigenvalue weighted by Gasteiger charge is 2.19. The molecule has 0 saturated heterocycles. The number of benzene rings is 1. The maximum absolute atomic E-state index is 9.93. The van der Waals surface area contributed by atoms with Crippen molar-refractivity contribution in [2.75, 3.05) is 0 Å². The van der Waals surface area contributed by atoms with Crippen molar-refractivity contribution in [2.24, 2.45) is 5.73 Å². The fraction of sp³-hybridized carbons (Fsp3) is 0.429. The van der Waals surface area contributed by atoms with Crippen LogP contribution in [0.5, 0.6) is 5.75 Å². The van der Waals surface area contributed by atoms with E-state index in [0.717, 1.165) is 11.1 Å². The quantitative estimate of drug-likeness (QED) is 0.788. The van der Waals surface area contributed by atoms with E-state index in [4.69, 9.17) is 5.73 Å². The predicted molar refractivity (Wildman–Crippen MR) is 73.8 cm³/mol. The molecule has 4 N–H and O–H groups in total. The molecular weight excluding hydrogens is 240 g/mol. The lowest BCUT2D eigenvalue weighted by Crippen LogP contribution is -2.16. The first-order valence-electron chi connectivity index (χ1n) is 6.31. The zero-order chi connectivity index (χ0) is 14.0. The van der Waals surface area contributed by atoms with Crippen molar-refractivity contribution in [1.29, 1.82) is 0 Å². The summed E-state index contributed by atoms with van der Waals surface area (Å²) < 4.78 is 0. The minimum Gasteiger partial charge on any atom is -0.508 e. The average molecular weight is 260 g/mol. The molecule has 1 unspecified atom stereocenters. The van der Waals surface area contributed by atoms with Crippen LogP contribution in [0.25, 0.3) is 0 Å². The highest BCUT2D eigenvalue weighted by atomic mass is 16.3. The van der Waals surface area contributed by atoms with Crippen LogP contribution in [-0.4, -0.2) is 20.3 Å². The summed E-state index contributed by atoms with van der Waals surface area (Å²) in [5, 5.41) is 16.5. The van der Waals surface area contributed by atoms with Gasteiger partial charge in [0.05, 0.1) is 6.04 Å². The second-order valence-corrected chi connectivity index (χ2v) is 5.78. The van der Waals surface area contributed by atoms with Crippen molar-refractivity contribution in [1.82, 2.24) is 15.2 Å². The molecule has 1 heterocycles. The average Bonchev–Trinajstić information content (AvgIpc) is 2.83. The highest BCUT2D eigenvalue weighted by Crippen LogP contribution is 2.31. The van der Waals surface area contributed by atoms with Gasteiger partial charge in [-0.2, -0.15) is 5.10 Å². The number of hydrogen-bond donors (Lipinski definition) is 3. The summed E-state index contributed by atoms with van der Waals surface area (Å²) in [7, 11) is 0. The molecular formula is C14H20N4O. The fourth-order valence-electron chi connectivity index (χ4n) is 2.06. The number of hydrogen-bond acceptors (Lipinski definition) is 4. The number of rotatable bonds is 3. The topological polar surface area (TPSA) is 87.8 Å². The first kappa shape index (κ1) is 13.5. The lowest BCUT2D eigenvalue weighted by molar-refractivity contribution is 0.446. The Bertz CT molecular complexity index is 543. The van der Waals surface area contributed by atoms with Crippen LogP contribution in [0.1, 0.15) is 43.8 Å². The van der Waals surface area contributed by atoms with E-state index in [2.05, 4.69) is 36.0 Å². The Morgan fingerprint density at radius 3 is 2.68 bits per heavy atom. The largest absolute Gasteiger partial charge is 0.508 e. The number of nitrogens with zero attached hydrogens (tertiary/aromatic N) is 2. The number of aromatic nitrogens is 3. The summed E-state index contributed by atoms with van der Waals surface area (Å²) in [4.78, 5) is 4.06. The Balaban J connectivity index is 2.22. The fourth-order valence-corrected chi connectivity index (χ4v) is 2.06. The Morgan fingerprint density at radius 2 is 2.11 bits per heavy atom. The monoisotopic (exact) mass is 260 g/mol. The molecule has 0 fully saturated rings. The maximum Gasteiger partial charge on any atom is 0.141 e. The summed E-state index contributed by atoms with van der Waals surface area (Å²) in [6.45, 7) is 6.21. The predicted octanol–water partition coefficient (Wildman–Crippen LogP) is 2.05. The van der Waals surface area contributed by atoms with Gasteiger partial charge in [0.15, 0.2) is 0 Å². The van der Waals surface area contributed by atoms with Crippen LogP contribution in [0.3, 0.4) is 0 Å². The molecule has 5 heteroatoms. The lowest BCUT2D eigenvalue weighted by atomic mass is 9.85. The number of aromatic amines is 1. The van der Waals surface area contributed by atoms with Crippen LogP contribution in [0.15, 0.2) is 24.5 Å². The molecule has 1 aromatic heterocycles. The van der Waals surface area contributed by atoms with Crippen molar-refractivity contribution < 1.29 is 5.11 Å². The molecule has 1 atom stereocenters. The zero-order valence-corrected chi connectivity index (χ0v) is 11.5. The van der Waals surface area contributed by atoms with Gasteiger partial charge >= 0.3 is 0 Å². The molecule has 2 aromatic rings. The molecule has 0 saturated carbocycles. The lowest BCUT2D eigenvalue weighted by Gasteiger charge is -2.21. The van der Waals surface area contributed by atoms with E-state index in [9.17, 15) is 5.11 Å². The number of H-pyrrole nitrogens is 1. The molecule has 0 spiro atoms. The Kier molecular flexibility index (Phi) is 3.57. The van der Waals surface area contributed by atoms with Gasteiger partial charge in [-0.05, 0) is 29.0 Å².